The van der Waals surface area contributed by atoms with Crippen LogP contribution in [0.3, 0.4) is 0 Å². The maximum Gasteiger partial charge on any atom is 0.251 e. The molecule has 1 aliphatic carbocycles. The smallest absolute Gasteiger partial charge is 0.251 e. The van der Waals surface area contributed by atoms with Gasteiger partial charge in [-0.2, -0.15) is 4.31 Å². The zero-order valence-electron chi connectivity index (χ0n) is 18.6. The molecule has 1 saturated heterocycles. The van der Waals surface area contributed by atoms with Crippen LogP contribution in [0.2, 0.25) is 0 Å². The van der Waals surface area contributed by atoms with Crippen LogP contribution in [0.4, 0.5) is 0 Å². The molecule has 1 N–H and O–H groups in total. The summed E-state index contributed by atoms with van der Waals surface area (Å²) in [5.41, 5.74) is 0.540. The van der Waals surface area contributed by atoms with Gasteiger partial charge < -0.3 is 10.1 Å². The van der Waals surface area contributed by atoms with E-state index in [0.29, 0.717) is 31.6 Å². The standard InChI is InChI=1S/C22H35N3O4S.ClH/c1-3-17-30(27,28)25-15-13-24(14-16-25)22(11-5-4-6-12-22)18-23-21(26)19-7-9-20(29-2)10-8-19;/h7-10H,3-6,11-18H2,1-2H3,(H,23,26);1H. The summed E-state index contributed by atoms with van der Waals surface area (Å²) in [5.74, 6) is 0.869. The van der Waals surface area contributed by atoms with Gasteiger partial charge in [-0.15, -0.1) is 12.4 Å². The Balaban J connectivity index is 0.00000341. The number of sulfonamides is 1. The molecule has 1 saturated carbocycles. The number of halogens is 1. The van der Waals surface area contributed by atoms with E-state index in [-0.39, 0.29) is 29.6 Å². The van der Waals surface area contributed by atoms with Crippen LogP contribution in [0.5, 0.6) is 5.75 Å². The Kier molecular flexibility index (Phi) is 9.61. The zero-order valence-corrected chi connectivity index (χ0v) is 20.3. The molecule has 1 heterocycles. The number of carbonyl (C=O) groups is 1. The Labute approximate surface area is 193 Å². The van der Waals surface area contributed by atoms with Gasteiger partial charge in [-0.1, -0.05) is 26.2 Å². The van der Waals surface area contributed by atoms with Crippen LogP contribution in [-0.2, 0) is 10.0 Å². The van der Waals surface area contributed by atoms with Gasteiger partial charge in [0.2, 0.25) is 10.0 Å². The van der Waals surface area contributed by atoms with E-state index in [9.17, 15) is 13.2 Å². The molecular formula is C22H36ClN3O4S. The summed E-state index contributed by atoms with van der Waals surface area (Å²) in [6, 6.07) is 7.14. The van der Waals surface area contributed by atoms with E-state index in [1.165, 1.54) is 6.42 Å². The third kappa shape index (κ3) is 6.34. The van der Waals surface area contributed by atoms with Gasteiger partial charge in [0.25, 0.3) is 5.91 Å². The minimum absolute atomic E-state index is 0. The van der Waals surface area contributed by atoms with Gasteiger partial charge in [0, 0.05) is 43.8 Å². The first-order valence-corrected chi connectivity index (χ1v) is 12.7. The molecule has 176 valence electrons. The van der Waals surface area contributed by atoms with Crippen LogP contribution in [0.1, 0.15) is 55.8 Å². The average molecular weight is 474 g/mol. The number of hydrogen-bond donors (Lipinski definition) is 1. The number of benzene rings is 1. The number of piperazine rings is 1. The number of nitrogens with one attached hydrogen (secondary N) is 1. The van der Waals surface area contributed by atoms with Crippen molar-refractivity contribution in [3.05, 3.63) is 29.8 Å². The lowest BCUT2D eigenvalue weighted by Crippen LogP contribution is -2.62. The summed E-state index contributed by atoms with van der Waals surface area (Å²) >= 11 is 0. The van der Waals surface area contributed by atoms with E-state index in [0.717, 1.165) is 44.5 Å². The quantitative estimate of drug-likeness (QED) is 0.628. The van der Waals surface area contributed by atoms with E-state index in [1.807, 2.05) is 6.92 Å². The van der Waals surface area contributed by atoms with Crippen molar-refractivity contribution >= 4 is 28.3 Å². The van der Waals surface area contributed by atoms with E-state index in [4.69, 9.17) is 4.74 Å². The first-order valence-electron chi connectivity index (χ1n) is 11.1. The normalized spacial score (nSPS) is 19.9. The third-order valence-electron chi connectivity index (χ3n) is 6.48. The van der Waals surface area contributed by atoms with Crippen molar-refractivity contribution in [3.8, 4) is 5.75 Å². The Morgan fingerprint density at radius 2 is 1.68 bits per heavy atom. The lowest BCUT2D eigenvalue weighted by Gasteiger charge is -2.49. The van der Waals surface area contributed by atoms with Gasteiger partial charge in [0.1, 0.15) is 5.75 Å². The molecule has 31 heavy (non-hydrogen) atoms. The van der Waals surface area contributed by atoms with Crippen LogP contribution in [0.25, 0.3) is 0 Å². The van der Waals surface area contributed by atoms with Crippen molar-refractivity contribution < 1.29 is 17.9 Å². The molecule has 2 aliphatic rings. The summed E-state index contributed by atoms with van der Waals surface area (Å²) in [4.78, 5) is 15.1. The summed E-state index contributed by atoms with van der Waals surface area (Å²) in [5, 5.41) is 3.15. The highest BCUT2D eigenvalue weighted by molar-refractivity contribution is 7.89. The van der Waals surface area contributed by atoms with E-state index in [1.54, 1.807) is 35.7 Å². The summed E-state index contributed by atoms with van der Waals surface area (Å²) in [6.07, 6.45) is 6.23. The fourth-order valence-corrected chi connectivity index (χ4v) is 6.23. The topological polar surface area (TPSA) is 79.0 Å². The number of ether oxygens (including phenoxy) is 1. The van der Waals surface area contributed by atoms with Crippen LogP contribution in [0.15, 0.2) is 24.3 Å². The van der Waals surface area contributed by atoms with Gasteiger partial charge in [-0.05, 0) is 43.5 Å². The minimum atomic E-state index is -3.15. The van der Waals surface area contributed by atoms with Crippen molar-refractivity contribution in [3.63, 3.8) is 0 Å². The van der Waals surface area contributed by atoms with Crippen LogP contribution >= 0.6 is 12.4 Å². The summed E-state index contributed by atoms with van der Waals surface area (Å²) < 4.78 is 31.6. The Morgan fingerprint density at radius 1 is 1.06 bits per heavy atom. The molecule has 0 spiro atoms. The molecule has 0 bridgehead atoms. The molecule has 0 aromatic heterocycles. The van der Waals surface area contributed by atoms with Crippen LogP contribution in [0, 0.1) is 0 Å². The van der Waals surface area contributed by atoms with E-state index in [2.05, 4.69) is 10.2 Å². The van der Waals surface area contributed by atoms with Gasteiger partial charge in [-0.25, -0.2) is 8.42 Å². The van der Waals surface area contributed by atoms with E-state index < -0.39 is 10.0 Å². The van der Waals surface area contributed by atoms with Gasteiger partial charge >= 0.3 is 0 Å². The average Bonchev–Trinajstić information content (AvgIpc) is 2.78. The fraction of sp³-hybridized carbons (Fsp3) is 0.682. The van der Waals surface area contributed by atoms with E-state index >= 15 is 0 Å². The van der Waals surface area contributed by atoms with Gasteiger partial charge in [0.15, 0.2) is 0 Å². The van der Waals surface area contributed by atoms with Crippen LogP contribution < -0.4 is 10.1 Å². The van der Waals surface area contributed by atoms with Crippen molar-refractivity contribution in [2.75, 3.05) is 45.6 Å². The number of hydrogen-bond acceptors (Lipinski definition) is 5. The summed E-state index contributed by atoms with van der Waals surface area (Å²) in [7, 11) is -1.54. The second-order valence-electron chi connectivity index (χ2n) is 8.40. The molecule has 0 radical (unpaired) electrons. The molecule has 9 heteroatoms. The lowest BCUT2D eigenvalue weighted by molar-refractivity contribution is 0.0240. The minimum Gasteiger partial charge on any atom is -0.497 e. The summed E-state index contributed by atoms with van der Waals surface area (Å²) in [6.45, 7) is 5.02. The van der Waals surface area contributed by atoms with Gasteiger partial charge in [0.05, 0.1) is 12.9 Å². The lowest BCUT2D eigenvalue weighted by atomic mass is 9.79. The molecule has 1 aliphatic heterocycles. The third-order valence-corrected chi connectivity index (χ3v) is 8.56. The number of nitrogens with zero attached hydrogens (tertiary/aromatic N) is 2. The second kappa shape index (κ2) is 11.5. The molecule has 1 aromatic carbocycles. The molecule has 7 nitrogen and oxygen atoms in total. The largest absolute Gasteiger partial charge is 0.497 e. The Hall–Kier alpha value is -1.35. The predicted octanol–water partition coefficient (Wildman–Crippen LogP) is 2.91. The molecule has 0 unspecified atom stereocenters. The van der Waals surface area contributed by atoms with Crippen molar-refractivity contribution in [1.29, 1.82) is 0 Å². The first kappa shape index (κ1) is 25.9. The van der Waals surface area contributed by atoms with Gasteiger partial charge in [-0.3, -0.25) is 9.69 Å². The highest BCUT2D eigenvalue weighted by Crippen LogP contribution is 2.34. The number of amides is 1. The first-order chi connectivity index (χ1) is 14.4. The predicted molar refractivity (Wildman–Crippen MR) is 126 cm³/mol. The highest BCUT2D eigenvalue weighted by Gasteiger charge is 2.40. The molecule has 0 atom stereocenters. The molecule has 3 rings (SSSR count). The SMILES string of the molecule is CCCS(=O)(=O)N1CCN(C2(CNC(=O)c3ccc(OC)cc3)CCCCC2)CC1.Cl. The highest BCUT2D eigenvalue weighted by atomic mass is 35.5. The fourth-order valence-electron chi connectivity index (χ4n) is 4.73. The van der Waals surface area contributed by atoms with Crippen molar-refractivity contribution in [2.24, 2.45) is 0 Å². The maximum absolute atomic E-state index is 12.7. The molecular weight excluding hydrogens is 438 g/mol. The molecule has 1 aromatic rings. The Bertz CT molecular complexity index is 803. The Morgan fingerprint density at radius 3 is 2.23 bits per heavy atom. The van der Waals surface area contributed by atoms with Crippen LogP contribution in [-0.4, -0.2) is 74.7 Å². The number of rotatable bonds is 8. The van der Waals surface area contributed by atoms with Crippen molar-refractivity contribution in [1.82, 2.24) is 14.5 Å². The maximum atomic E-state index is 12.7. The zero-order chi connectivity index (χ0) is 21.6. The number of methoxy groups -OCH3 is 1. The molecule has 2 fully saturated rings. The monoisotopic (exact) mass is 473 g/mol. The second-order valence-corrected chi connectivity index (χ2v) is 10.5. The number of carbonyl (C=O) groups excluding carboxylic acids is 1. The van der Waals surface area contributed by atoms with Crippen molar-refractivity contribution in [2.45, 2.75) is 51.0 Å². The molecule has 1 amide bonds.